The molecule has 0 spiro atoms. The zero-order valence-electron chi connectivity index (χ0n) is 13.1. The van der Waals surface area contributed by atoms with E-state index in [-0.39, 0.29) is 5.78 Å². The predicted molar refractivity (Wildman–Crippen MR) is 88.7 cm³/mol. The average Bonchev–Trinajstić information content (AvgIpc) is 2.59. The van der Waals surface area contributed by atoms with Crippen LogP contribution in [0.3, 0.4) is 0 Å². The van der Waals surface area contributed by atoms with E-state index in [0.717, 1.165) is 12.0 Å². The van der Waals surface area contributed by atoms with Gasteiger partial charge in [0.15, 0.2) is 17.3 Å². The van der Waals surface area contributed by atoms with Gasteiger partial charge in [0.25, 0.3) is 0 Å². The highest BCUT2D eigenvalue weighted by Crippen LogP contribution is 2.27. The van der Waals surface area contributed by atoms with Crippen LogP contribution < -0.4 is 9.47 Å². The van der Waals surface area contributed by atoms with Crippen LogP contribution in [-0.2, 0) is 6.42 Å². The van der Waals surface area contributed by atoms with Crippen molar-refractivity contribution in [1.29, 1.82) is 0 Å². The van der Waals surface area contributed by atoms with E-state index in [1.54, 1.807) is 38.5 Å². The first-order valence-electron chi connectivity index (χ1n) is 7.21. The van der Waals surface area contributed by atoms with Gasteiger partial charge in [-0.15, -0.1) is 0 Å². The topological polar surface area (TPSA) is 35.5 Å². The number of aryl methyl sites for hydroxylation is 1. The summed E-state index contributed by atoms with van der Waals surface area (Å²) in [7, 11) is 3.12. The van der Waals surface area contributed by atoms with Crippen LogP contribution in [0.1, 0.15) is 28.4 Å². The number of carbonyl (C=O) groups excluding carboxylic acids is 1. The molecular weight excluding hydrogens is 276 g/mol. The highest BCUT2D eigenvalue weighted by molar-refractivity contribution is 6.07. The summed E-state index contributed by atoms with van der Waals surface area (Å²) in [6.07, 6.45) is 4.40. The van der Waals surface area contributed by atoms with Crippen molar-refractivity contribution >= 4 is 11.9 Å². The smallest absolute Gasteiger partial charge is 0.185 e. The minimum absolute atomic E-state index is 0.0690. The van der Waals surface area contributed by atoms with Crippen molar-refractivity contribution in [3.05, 3.63) is 65.2 Å². The van der Waals surface area contributed by atoms with Gasteiger partial charge in [-0.2, -0.15) is 0 Å². The van der Waals surface area contributed by atoms with Gasteiger partial charge in [0.1, 0.15) is 0 Å². The summed E-state index contributed by atoms with van der Waals surface area (Å²) in [5, 5.41) is 0. The zero-order valence-corrected chi connectivity index (χ0v) is 13.1. The van der Waals surface area contributed by atoms with Gasteiger partial charge in [-0.25, -0.2) is 0 Å². The summed E-state index contributed by atoms with van der Waals surface area (Å²) in [4.78, 5) is 12.2. The fourth-order valence-electron chi connectivity index (χ4n) is 2.12. The zero-order chi connectivity index (χ0) is 15.9. The Morgan fingerprint density at radius 1 is 1.00 bits per heavy atom. The Hall–Kier alpha value is -2.55. The molecule has 0 radical (unpaired) electrons. The third-order valence-corrected chi connectivity index (χ3v) is 3.48. The van der Waals surface area contributed by atoms with Gasteiger partial charge in [0.05, 0.1) is 14.2 Å². The van der Waals surface area contributed by atoms with Gasteiger partial charge in [0.2, 0.25) is 0 Å². The molecule has 0 aliphatic rings. The Bertz CT molecular complexity index is 670. The third kappa shape index (κ3) is 3.76. The molecule has 0 heterocycles. The van der Waals surface area contributed by atoms with Crippen molar-refractivity contribution < 1.29 is 14.3 Å². The maximum Gasteiger partial charge on any atom is 0.185 e. The summed E-state index contributed by atoms with van der Waals surface area (Å²) in [5.41, 5.74) is 2.86. The molecule has 2 aromatic carbocycles. The number of ketones is 1. The SMILES string of the molecule is CCc1ccc(/C=C/C(=O)c2ccc(OC)c(OC)c2)cc1. The number of hydrogen-bond acceptors (Lipinski definition) is 3. The van der Waals surface area contributed by atoms with Crippen molar-refractivity contribution in [2.45, 2.75) is 13.3 Å². The second-order valence-corrected chi connectivity index (χ2v) is 4.86. The molecule has 0 unspecified atom stereocenters. The van der Waals surface area contributed by atoms with Crippen LogP contribution in [0.2, 0.25) is 0 Å². The van der Waals surface area contributed by atoms with Gasteiger partial charge in [-0.05, 0) is 41.8 Å². The van der Waals surface area contributed by atoms with Gasteiger partial charge in [0, 0.05) is 5.56 Å². The second kappa shape index (κ2) is 7.46. The van der Waals surface area contributed by atoms with E-state index in [2.05, 4.69) is 19.1 Å². The molecular formula is C19H20O3. The minimum atomic E-state index is -0.0690. The average molecular weight is 296 g/mol. The Morgan fingerprint density at radius 2 is 1.68 bits per heavy atom. The third-order valence-electron chi connectivity index (χ3n) is 3.48. The van der Waals surface area contributed by atoms with E-state index in [1.165, 1.54) is 5.56 Å². The first-order valence-corrected chi connectivity index (χ1v) is 7.21. The molecule has 114 valence electrons. The Balaban J connectivity index is 2.15. The Labute approximate surface area is 131 Å². The molecule has 0 saturated carbocycles. The molecule has 0 saturated heterocycles. The molecule has 22 heavy (non-hydrogen) atoms. The Morgan fingerprint density at radius 3 is 2.27 bits per heavy atom. The largest absolute Gasteiger partial charge is 0.493 e. The quantitative estimate of drug-likeness (QED) is 0.593. The van der Waals surface area contributed by atoms with Crippen LogP contribution in [0, 0.1) is 0 Å². The lowest BCUT2D eigenvalue weighted by molar-refractivity contribution is 0.104. The van der Waals surface area contributed by atoms with Crippen LogP contribution in [0.15, 0.2) is 48.5 Å². The molecule has 2 aromatic rings. The fourth-order valence-corrected chi connectivity index (χ4v) is 2.12. The predicted octanol–water partition coefficient (Wildman–Crippen LogP) is 4.16. The molecule has 2 rings (SSSR count). The van der Waals surface area contributed by atoms with Crippen molar-refractivity contribution in [2.24, 2.45) is 0 Å². The van der Waals surface area contributed by atoms with Gasteiger partial charge < -0.3 is 9.47 Å². The van der Waals surface area contributed by atoms with E-state index in [1.807, 2.05) is 18.2 Å². The van der Waals surface area contributed by atoms with Gasteiger partial charge >= 0.3 is 0 Å². The number of rotatable bonds is 6. The fraction of sp³-hybridized carbons (Fsp3) is 0.211. The van der Waals surface area contributed by atoms with Crippen molar-refractivity contribution in [3.63, 3.8) is 0 Å². The molecule has 3 nitrogen and oxygen atoms in total. The van der Waals surface area contributed by atoms with Crippen LogP contribution in [0.25, 0.3) is 6.08 Å². The molecule has 0 aliphatic heterocycles. The highest BCUT2D eigenvalue weighted by Gasteiger charge is 2.08. The molecule has 0 atom stereocenters. The number of carbonyl (C=O) groups is 1. The molecule has 3 heteroatoms. The second-order valence-electron chi connectivity index (χ2n) is 4.86. The van der Waals surface area contributed by atoms with E-state index in [9.17, 15) is 4.79 Å². The first-order chi connectivity index (χ1) is 10.7. The van der Waals surface area contributed by atoms with Crippen LogP contribution in [-0.4, -0.2) is 20.0 Å². The monoisotopic (exact) mass is 296 g/mol. The molecule has 0 fully saturated rings. The number of methoxy groups -OCH3 is 2. The summed E-state index contributed by atoms with van der Waals surface area (Å²) in [5.74, 6) is 1.09. The highest BCUT2D eigenvalue weighted by atomic mass is 16.5. The summed E-state index contributed by atoms with van der Waals surface area (Å²) in [6.45, 7) is 2.12. The normalized spacial score (nSPS) is 10.7. The number of hydrogen-bond donors (Lipinski definition) is 0. The summed E-state index contributed by atoms with van der Waals surface area (Å²) >= 11 is 0. The lowest BCUT2D eigenvalue weighted by atomic mass is 10.1. The van der Waals surface area contributed by atoms with Gasteiger partial charge in [-0.3, -0.25) is 4.79 Å². The molecule has 0 N–H and O–H groups in total. The maximum atomic E-state index is 12.2. The van der Waals surface area contributed by atoms with Crippen molar-refractivity contribution in [3.8, 4) is 11.5 Å². The Kier molecular flexibility index (Phi) is 5.37. The standard InChI is InChI=1S/C19H20O3/c1-4-14-5-7-15(8-6-14)9-11-17(20)16-10-12-18(21-2)19(13-16)22-3/h5-13H,4H2,1-3H3/b11-9+. The summed E-state index contributed by atoms with van der Waals surface area (Å²) in [6, 6.07) is 13.3. The number of benzene rings is 2. The van der Waals surface area contributed by atoms with Crippen molar-refractivity contribution in [1.82, 2.24) is 0 Å². The number of allylic oxidation sites excluding steroid dienone is 1. The van der Waals surface area contributed by atoms with E-state index >= 15 is 0 Å². The van der Waals surface area contributed by atoms with E-state index in [4.69, 9.17) is 9.47 Å². The van der Waals surface area contributed by atoms with E-state index < -0.39 is 0 Å². The van der Waals surface area contributed by atoms with Crippen LogP contribution >= 0.6 is 0 Å². The first kappa shape index (κ1) is 15.8. The van der Waals surface area contributed by atoms with E-state index in [0.29, 0.717) is 17.1 Å². The maximum absolute atomic E-state index is 12.2. The molecule has 0 aliphatic carbocycles. The summed E-state index contributed by atoms with van der Waals surface area (Å²) < 4.78 is 10.4. The minimum Gasteiger partial charge on any atom is -0.493 e. The number of ether oxygens (including phenoxy) is 2. The van der Waals surface area contributed by atoms with Crippen LogP contribution in [0.5, 0.6) is 11.5 Å². The lowest BCUT2D eigenvalue weighted by Gasteiger charge is -2.08. The van der Waals surface area contributed by atoms with Gasteiger partial charge in [-0.1, -0.05) is 37.3 Å². The molecule has 0 aromatic heterocycles. The lowest BCUT2D eigenvalue weighted by Crippen LogP contribution is -1.97. The van der Waals surface area contributed by atoms with Crippen molar-refractivity contribution in [2.75, 3.05) is 14.2 Å². The molecule has 0 bridgehead atoms. The van der Waals surface area contributed by atoms with Crippen LogP contribution in [0.4, 0.5) is 0 Å². The molecule has 0 amide bonds.